The molecule has 6 nitrogen and oxygen atoms in total. The van der Waals surface area contributed by atoms with Gasteiger partial charge in [0.05, 0.1) is 31.8 Å². The summed E-state index contributed by atoms with van der Waals surface area (Å²) in [4.78, 5) is 18.0. The lowest BCUT2D eigenvalue weighted by atomic mass is 9.86. The van der Waals surface area contributed by atoms with Crippen molar-refractivity contribution in [3.8, 4) is 11.5 Å². The van der Waals surface area contributed by atoms with Gasteiger partial charge in [-0.15, -0.1) is 0 Å². The molecule has 0 bridgehead atoms. The first kappa shape index (κ1) is 28.5. The molecule has 212 valence electrons. The Balaban J connectivity index is 1.54. The van der Waals surface area contributed by atoms with Gasteiger partial charge in [-0.3, -0.25) is 9.69 Å². The van der Waals surface area contributed by atoms with Crippen LogP contribution in [0.2, 0.25) is 5.02 Å². The molecule has 0 aromatic heterocycles. The number of methoxy groups -OCH3 is 1. The second kappa shape index (κ2) is 12.2. The number of rotatable bonds is 8. The van der Waals surface area contributed by atoms with Gasteiger partial charge in [-0.1, -0.05) is 42.8 Å². The Labute approximate surface area is 242 Å². The molecule has 0 saturated carbocycles. The number of aliphatic hydroxyl groups excluding tert-OH is 1. The van der Waals surface area contributed by atoms with E-state index in [-0.39, 0.29) is 36.6 Å². The molecule has 3 aromatic carbocycles. The van der Waals surface area contributed by atoms with Crippen molar-refractivity contribution in [2.75, 3.05) is 25.1 Å². The number of fused-ring (bicyclic) bond motifs is 1. The Morgan fingerprint density at radius 2 is 1.77 bits per heavy atom. The van der Waals surface area contributed by atoms with Crippen LogP contribution in [0.1, 0.15) is 74.4 Å². The normalized spacial score (nSPS) is 21.1. The van der Waals surface area contributed by atoms with Crippen molar-refractivity contribution in [3.63, 3.8) is 0 Å². The highest BCUT2D eigenvalue weighted by Crippen LogP contribution is 2.44. The van der Waals surface area contributed by atoms with E-state index in [0.29, 0.717) is 23.1 Å². The number of carbonyl (C=O) groups excluding carboxylic acids is 1. The van der Waals surface area contributed by atoms with Crippen LogP contribution in [-0.2, 0) is 11.2 Å². The largest absolute Gasteiger partial charge is 0.493 e. The molecule has 1 saturated heterocycles. The van der Waals surface area contributed by atoms with Crippen molar-refractivity contribution in [1.29, 1.82) is 0 Å². The second-order valence-corrected chi connectivity index (χ2v) is 11.4. The standard InChI is InChI=1S/C33H39ClN2O4/c1-5-21(2)40-31-19-29-25(17-30(31)39-4)18-32(38)36(33(29)24-8-12-26(34)13-9-24)27-14-10-23(11-15-27)22(3)35-16-6-7-28(37)20-35/h8-15,17,19,21-22,28,33,37H,5-7,16,18,20H2,1-4H3/t21-,22?,28+,33?/m1/s1. The average molecular weight is 563 g/mol. The molecule has 0 aliphatic carbocycles. The molecular formula is C33H39ClN2O4. The van der Waals surface area contributed by atoms with Crippen LogP contribution >= 0.6 is 11.6 Å². The Hall–Kier alpha value is -3.06. The van der Waals surface area contributed by atoms with Gasteiger partial charge >= 0.3 is 0 Å². The molecule has 1 fully saturated rings. The Bertz CT molecular complexity index is 1330. The molecule has 2 heterocycles. The first-order valence-electron chi connectivity index (χ1n) is 14.3. The van der Waals surface area contributed by atoms with Crippen LogP contribution in [0.15, 0.2) is 60.7 Å². The number of carbonyl (C=O) groups is 1. The van der Waals surface area contributed by atoms with E-state index in [0.717, 1.165) is 48.2 Å². The Morgan fingerprint density at radius 1 is 1.05 bits per heavy atom. The van der Waals surface area contributed by atoms with Crippen LogP contribution in [0.3, 0.4) is 0 Å². The highest BCUT2D eigenvalue weighted by Gasteiger charge is 2.36. The summed E-state index contributed by atoms with van der Waals surface area (Å²) in [5, 5.41) is 10.8. The summed E-state index contributed by atoms with van der Waals surface area (Å²) in [5.74, 6) is 1.33. The zero-order valence-corrected chi connectivity index (χ0v) is 24.5. The summed E-state index contributed by atoms with van der Waals surface area (Å²) >= 11 is 6.25. The molecule has 2 aliphatic heterocycles. The van der Waals surface area contributed by atoms with E-state index in [9.17, 15) is 9.90 Å². The maximum Gasteiger partial charge on any atom is 0.232 e. The van der Waals surface area contributed by atoms with Gasteiger partial charge in [0.1, 0.15) is 0 Å². The van der Waals surface area contributed by atoms with E-state index >= 15 is 0 Å². The maximum atomic E-state index is 13.8. The number of likely N-dealkylation sites (tertiary alicyclic amines) is 1. The van der Waals surface area contributed by atoms with Crippen LogP contribution < -0.4 is 14.4 Å². The summed E-state index contributed by atoms with van der Waals surface area (Å²) in [6.45, 7) is 7.97. The van der Waals surface area contributed by atoms with E-state index in [1.807, 2.05) is 60.4 Å². The first-order chi connectivity index (χ1) is 19.3. The highest BCUT2D eigenvalue weighted by molar-refractivity contribution is 6.30. The number of β-amino-alcohol motifs (C(OH)–C–C–N with tert-alkyl or cyclic N) is 1. The monoisotopic (exact) mass is 562 g/mol. The molecule has 3 aromatic rings. The molecule has 1 N–H and O–H groups in total. The van der Waals surface area contributed by atoms with Crippen molar-refractivity contribution in [2.24, 2.45) is 0 Å². The van der Waals surface area contributed by atoms with Crippen LogP contribution in [0.4, 0.5) is 5.69 Å². The minimum Gasteiger partial charge on any atom is -0.493 e. The summed E-state index contributed by atoms with van der Waals surface area (Å²) < 4.78 is 11.9. The minimum absolute atomic E-state index is 0.0186. The van der Waals surface area contributed by atoms with E-state index in [1.54, 1.807) is 7.11 Å². The van der Waals surface area contributed by atoms with Gasteiger partial charge in [-0.25, -0.2) is 0 Å². The smallest absolute Gasteiger partial charge is 0.232 e. The zero-order chi connectivity index (χ0) is 28.4. The second-order valence-electron chi connectivity index (χ2n) is 11.0. The van der Waals surface area contributed by atoms with Crippen molar-refractivity contribution in [1.82, 2.24) is 4.90 Å². The van der Waals surface area contributed by atoms with Gasteiger partial charge in [0.15, 0.2) is 11.5 Å². The van der Waals surface area contributed by atoms with Crippen LogP contribution in [-0.4, -0.2) is 48.3 Å². The molecule has 2 unspecified atom stereocenters. The number of benzene rings is 3. The van der Waals surface area contributed by atoms with Gasteiger partial charge in [-0.2, -0.15) is 0 Å². The summed E-state index contributed by atoms with van der Waals surface area (Å²) in [7, 11) is 1.63. The highest BCUT2D eigenvalue weighted by atomic mass is 35.5. The summed E-state index contributed by atoms with van der Waals surface area (Å²) in [5.41, 5.74) is 4.92. The lowest BCUT2D eigenvalue weighted by Crippen LogP contribution is -2.41. The molecule has 7 heteroatoms. The third kappa shape index (κ3) is 5.85. The molecule has 2 aliphatic rings. The van der Waals surface area contributed by atoms with E-state index < -0.39 is 0 Å². The number of halogens is 1. The van der Waals surface area contributed by atoms with Gasteiger partial charge in [0.25, 0.3) is 0 Å². The van der Waals surface area contributed by atoms with Gasteiger partial charge in [0.2, 0.25) is 5.91 Å². The fourth-order valence-electron chi connectivity index (χ4n) is 5.83. The maximum absolute atomic E-state index is 13.8. The van der Waals surface area contributed by atoms with E-state index in [1.165, 1.54) is 5.56 Å². The lowest BCUT2D eigenvalue weighted by molar-refractivity contribution is -0.118. The molecular weight excluding hydrogens is 524 g/mol. The number of nitrogens with zero attached hydrogens (tertiary/aromatic N) is 2. The number of hydrogen-bond acceptors (Lipinski definition) is 5. The molecule has 0 spiro atoms. The number of ether oxygens (including phenoxy) is 2. The molecule has 4 atom stereocenters. The first-order valence-corrected chi connectivity index (χ1v) is 14.6. The molecule has 40 heavy (non-hydrogen) atoms. The number of anilines is 1. The van der Waals surface area contributed by atoms with Crippen molar-refractivity contribution in [3.05, 3.63) is 87.9 Å². The predicted molar refractivity (Wildman–Crippen MR) is 160 cm³/mol. The van der Waals surface area contributed by atoms with Crippen LogP contribution in [0.25, 0.3) is 0 Å². The van der Waals surface area contributed by atoms with Crippen LogP contribution in [0, 0.1) is 0 Å². The third-order valence-electron chi connectivity index (χ3n) is 8.31. The Kier molecular flexibility index (Phi) is 8.69. The zero-order valence-electron chi connectivity index (χ0n) is 23.8. The van der Waals surface area contributed by atoms with E-state index in [4.69, 9.17) is 21.1 Å². The number of piperidine rings is 1. The fourth-order valence-corrected chi connectivity index (χ4v) is 5.96. The van der Waals surface area contributed by atoms with Crippen molar-refractivity contribution in [2.45, 2.75) is 70.7 Å². The van der Waals surface area contributed by atoms with Crippen molar-refractivity contribution < 1.29 is 19.4 Å². The topological polar surface area (TPSA) is 62.2 Å². The number of aliphatic hydroxyl groups is 1. The van der Waals surface area contributed by atoms with Crippen molar-refractivity contribution >= 4 is 23.2 Å². The average Bonchev–Trinajstić information content (AvgIpc) is 2.96. The predicted octanol–water partition coefficient (Wildman–Crippen LogP) is 6.72. The van der Waals surface area contributed by atoms with Gasteiger partial charge < -0.3 is 19.5 Å². The number of hydrogen-bond donors (Lipinski definition) is 1. The summed E-state index contributed by atoms with van der Waals surface area (Å²) in [6.07, 6.45) is 2.76. The molecule has 5 rings (SSSR count). The molecule has 0 radical (unpaired) electrons. The van der Waals surface area contributed by atoms with Crippen LogP contribution in [0.5, 0.6) is 11.5 Å². The Morgan fingerprint density at radius 3 is 2.42 bits per heavy atom. The SMILES string of the molecule is CC[C@@H](C)Oc1cc2c(cc1OC)CC(=O)N(c1ccc(C(C)N3CCC[C@H](O)C3)cc1)C2c1ccc(Cl)cc1. The molecule has 1 amide bonds. The fraction of sp³-hybridized carbons (Fsp3) is 0.424. The number of amides is 1. The quantitative estimate of drug-likeness (QED) is 0.330. The summed E-state index contributed by atoms with van der Waals surface area (Å²) in [6, 6.07) is 19.8. The third-order valence-corrected chi connectivity index (χ3v) is 8.56. The van der Waals surface area contributed by atoms with Gasteiger partial charge in [-0.05, 0) is 98.3 Å². The lowest BCUT2D eigenvalue weighted by Gasteiger charge is -2.38. The minimum atomic E-state index is -0.348. The van der Waals surface area contributed by atoms with E-state index in [2.05, 4.69) is 30.9 Å². The van der Waals surface area contributed by atoms with Gasteiger partial charge in [0, 0.05) is 23.3 Å².